The average molecular weight is 288 g/mol. The van der Waals surface area contributed by atoms with E-state index >= 15 is 0 Å². The topological polar surface area (TPSA) is 94.3 Å². The van der Waals surface area contributed by atoms with E-state index in [1.807, 2.05) is 0 Å². The van der Waals surface area contributed by atoms with Crippen LogP contribution in [0.1, 0.15) is 19.8 Å². The summed E-state index contributed by atoms with van der Waals surface area (Å²) in [5.74, 6) is 0.743. The van der Waals surface area contributed by atoms with E-state index in [1.165, 1.54) is 24.6 Å². The van der Waals surface area contributed by atoms with E-state index in [1.54, 1.807) is 6.92 Å². The molecule has 0 radical (unpaired) electrons. The molecule has 108 valence electrons. The van der Waals surface area contributed by atoms with Crippen molar-refractivity contribution in [2.45, 2.75) is 55.7 Å². The summed E-state index contributed by atoms with van der Waals surface area (Å²) in [4.78, 5) is 4.39. The molecule has 2 aliphatic heterocycles. The minimum absolute atomic E-state index is 0.334. The maximum Gasteiger partial charge on any atom is 0.159 e. The monoisotopic (exact) mass is 288 g/mol. The van der Waals surface area contributed by atoms with Gasteiger partial charge in [0.2, 0.25) is 0 Å². The van der Waals surface area contributed by atoms with Crippen LogP contribution in [-0.2, 0) is 4.74 Å². The molecule has 3 rings (SSSR count). The first kappa shape index (κ1) is 13.6. The molecule has 4 N–H and O–H groups in total. The van der Waals surface area contributed by atoms with Crippen LogP contribution in [0.25, 0.3) is 0 Å². The van der Waals surface area contributed by atoms with Crippen molar-refractivity contribution in [1.29, 1.82) is 0 Å². The summed E-state index contributed by atoms with van der Waals surface area (Å²) in [6.07, 6.45) is -1.16. The number of rotatable bonds is 3. The van der Waals surface area contributed by atoms with Crippen LogP contribution in [0.3, 0.4) is 0 Å². The Kier molecular flexibility index (Phi) is 3.74. The van der Waals surface area contributed by atoms with Crippen molar-refractivity contribution in [3.05, 3.63) is 0 Å². The highest BCUT2D eigenvalue weighted by Gasteiger charge is 2.49. The first-order chi connectivity index (χ1) is 9.06. The Bertz CT molecular complexity index is 375. The van der Waals surface area contributed by atoms with Gasteiger partial charge in [-0.2, -0.15) is 0 Å². The van der Waals surface area contributed by atoms with Crippen LogP contribution < -0.4 is 5.32 Å². The summed E-state index contributed by atoms with van der Waals surface area (Å²) in [6, 6.07) is -0.461. The number of nitrogens with one attached hydrogen (secondary N) is 1. The summed E-state index contributed by atoms with van der Waals surface area (Å²) in [5.41, 5.74) is -0.334. The normalized spacial score (nSPS) is 43.6. The van der Waals surface area contributed by atoms with Crippen LogP contribution in [0.15, 0.2) is 4.99 Å². The zero-order valence-corrected chi connectivity index (χ0v) is 11.6. The lowest BCUT2D eigenvalue weighted by Gasteiger charge is -2.39. The molecule has 2 heterocycles. The molecule has 19 heavy (non-hydrogen) atoms. The molecule has 7 heteroatoms. The molecule has 0 amide bonds. The maximum absolute atomic E-state index is 10.1. The number of hydrogen-bond donors (Lipinski definition) is 4. The van der Waals surface area contributed by atoms with Crippen molar-refractivity contribution in [3.63, 3.8) is 0 Å². The summed E-state index contributed by atoms with van der Waals surface area (Å²) in [7, 11) is 0. The Morgan fingerprint density at radius 1 is 1.42 bits per heavy atom. The molecule has 0 aromatic rings. The van der Waals surface area contributed by atoms with Gasteiger partial charge in [0.1, 0.15) is 29.8 Å². The van der Waals surface area contributed by atoms with Crippen LogP contribution in [0.4, 0.5) is 0 Å². The number of hydrogen-bond acceptors (Lipinski definition) is 7. The predicted octanol–water partition coefficient (Wildman–Crippen LogP) is -0.715. The number of aliphatic hydroxyl groups excluding tert-OH is 3. The van der Waals surface area contributed by atoms with Gasteiger partial charge in [-0.15, -0.1) is 0 Å². The SMILES string of the molecule is C[C@H](O)[C@H]1O[C@@H]2SC(NCC3CC3)=N[C@@H]2[C@@H](O)[C@@H]1O. The fraction of sp³-hybridized carbons (Fsp3) is 0.917. The number of aliphatic imine (C=N–C) groups is 1. The van der Waals surface area contributed by atoms with Gasteiger partial charge in [-0.1, -0.05) is 11.8 Å². The first-order valence-corrected chi connectivity index (χ1v) is 7.62. The number of ether oxygens (including phenoxy) is 1. The second-order valence-corrected chi connectivity index (χ2v) is 6.64. The molecule has 2 fully saturated rings. The van der Waals surface area contributed by atoms with Crippen molar-refractivity contribution in [3.8, 4) is 0 Å². The smallest absolute Gasteiger partial charge is 0.159 e. The van der Waals surface area contributed by atoms with Gasteiger partial charge in [-0.3, -0.25) is 4.99 Å². The second kappa shape index (κ2) is 5.21. The summed E-state index contributed by atoms with van der Waals surface area (Å²) < 4.78 is 5.66. The van der Waals surface area contributed by atoms with Crippen LogP contribution in [0, 0.1) is 5.92 Å². The largest absolute Gasteiger partial charge is 0.391 e. The van der Waals surface area contributed by atoms with Gasteiger partial charge >= 0.3 is 0 Å². The zero-order chi connectivity index (χ0) is 13.6. The highest BCUT2D eigenvalue weighted by atomic mass is 32.2. The lowest BCUT2D eigenvalue weighted by Crippen LogP contribution is -2.57. The fourth-order valence-corrected chi connectivity index (χ4v) is 3.54. The third kappa shape index (κ3) is 2.75. The summed E-state index contributed by atoms with van der Waals surface area (Å²) in [5, 5.41) is 33.6. The molecule has 6 atom stereocenters. The molecule has 3 aliphatic rings. The summed E-state index contributed by atoms with van der Waals surface area (Å²) >= 11 is 1.43. The Balaban J connectivity index is 1.64. The van der Waals surface area contributed by atoms with Crippen molar-refractivity contribution in [1.82, 2.24) is 5.32 Å². The number of amidine groups is 1. The first-order valence-electron chi connectivity index (χ1n) is 6.74. The van der Waals surface area contributed by atoms with Crippen LogP contribution >= 0.6 is 11.8 Å². The minimum atomic E-state index is -1.10. The van der Waals surface area contributed by atoms with Gasteiger partial charge in [0.25, 0.3) is 0 Å². The average Bonchev–Trinajstić information content (AvgIpc) is 3.10. The molecular weight excluding hydrogens is 268 g/mol. The Morgan fingerprint density at radius 2 is 2.16 bits per heavy atom. The quantitative estimate of drug-likeness (QED) is 0.548. The van der Waals surface area contributed by atoms with Crippen LogP contribution in [-0.4, -0.2) is 62.9 Å². The van der Waals surface area contributed by atoms with Crippen LogP contribution in [0.5, 0.6) is 0 Å². The van der Waals surface area contributed by atoms with Gasteiger partial charge in [-0.05, 0) is 25.7 Å². The number of nitrogens with zero attached hydrogens (tertiary/aromatic N) is 1. The van der Waals surface area contributed by atoms with E-state index in [9.17, 15) is 15.3 Å². The van der Waals surface area contributed by atoms with Crippen molar-refractivity contribution in [2.75, 3.05) is 6.54 Å². The van der Waals surface area contributed by atoms with E-state index < -0.39 is 30.5 Å². The Morgan fingerprint density at radius 3 is 2.79 bits per heavy atom. The maximum atomic E-state index is 10.1. The second-order valence-electron chi connectivity index (χ2n) is 5.56. The Labute approximate surface area is 116 Å². The van der Waals surface area contributed by atoms with E-state index in [4.69, 9.17) is 4.74 Å². The van der Waals surface area contributed by atoms with Crippen LogP contribution in [0.2, 0.25) is 0 Å². The molecular formula is C12H20N2O4S. The molecule has 1 saturated heterocycles. The van der Waals surface area contributed by atoms with E-state index in [0.717, 1.165) is 17.6 Å². The molecule has 0 bridgehead atoms. The molecule has 1 aliphatic carbocycles. The summed E-state index contributed by atoms with van der Waals surface area (Å²) in [6.45, 7) is 2.46. The van der Waals surface area contributed by atoms with Gasteiger partial charge in [0.05, 0.1) is 6.10 Å². The van der Waals surface area contributed by atoms with Crippen molar-refractivity contribution >= 4 is 16.9 Å². The third-order valence-electron chi connectivity index (χ3n) is 3.81. The van der Waals surface area contributed by atoms with Gasteiger partial charge in [0, 0.05) is 6.54 Å². The molecule has 6 nitrogen and oxygen atoms in total. The van der Waals surface area contributed by atoms with E-state index in [-0.39, 0.29) is 5.44 Å². The van der Waals surface area contributed by atoms with Gasteiger partial charge in [0.15, 0.2) is 5.17 Å². The number of thioether (sulfide) groups is 1. The standard InChI is InChI=1S/C12H20N2O4S/c1-5(15)10-9(17)8(16)7-11(18-10)19-12(14-7)13-4-6-2-3-6/h5-11,15-17H,2-4H2,1H3,(H,13,14)/t5-,7+,8+,9-,10+,11+/m0/s1. The lowest BCUT2D eigenvalue weighted by molar-refractivity contribution is -0.181. The van der Waals surface area contributed by atoms with E-state index in [0.29, 0.717) is 0 Å². The lowest BCUT2D eigenvalue weighted by atomic mass is 9.95. The minimum Gasteiger partial charge on any atom is -0.391 e. The highest BCUT2D eigenvalue weighted by Crippen LogP contribution is 2.37. The van der Waals surface area contributed by atoms with Gasteiger partial charge in [-0.25, -0.2) is 0 Å². The van der Waals surface area contributed by atoms with Crippen molar-refractivity contribution in [2.24, 2.45) is 10.9 Å². The van der Waals surface area contributed by atoms with E-state index in [2.05, 4.69) is 10.3 Å². The molecule has 0 spiro atoms. The zero-order valence-electron chi connectivity index (χ0n) is 10.8. The number of aliphatic hydroxyl groups is 3. The highest BCUT2D eigenvalue weighted by molar-refractivity contribution is 8.14. The van der Waals surface area contributed by atoms with Gasteiger partial charge < -0.3 is 25.4 Å². The Hall–Kier alpha value is -0.340. The molecule has 1 saturated carbocycles. The molecule has 0 aromatic carbocycles. The predicted molar refractivity (Wildman–Crippen MR) is 71.9 cm³/mol. The third-order valence-corrected chi connectivity index (χ3v) is 4.91. The molecule has 0 aromatic heterocycles. The molecule has 0 unspecified atom stereocenters. The fourth-order valence-electron chi connectivity index (χ4n) is 2.42. The number of fused-ring (bicyclic) bond motifs is 1. The van der Waals surface area contributed by atoms with Crippen molar-refractivity contribution < 1.29 is 20.1 Å².